The Kier molecular flexibility index (Phi) is 5.91. The van der Waals surface area contributed by atoms with E-state index >= 15 is 0 Å². The first-order valence-corrected chi connectivity index (χ1v) is 8.99. The van der Waals surface area contributed by atoms with Crippen LogP contribution in [-0.2, 0) is 11.0 Å². The lowest BCUT2D eigenvalue weighted by Gasteiger charge is -2.29. The van der Waals surface area contributed by atoms with Gasteiger partial charge in [-0.1, -0.05) is 66.7 Å². The fourth-order valence-electron chi connectivity index (χ4n) is 2.44. The predicted octanol–water partition coefficient (Wildman–Crippen LogP) is 4.75. The molecule has 2 aromatic rings. The lowest BCUT2D eigenvalue weighted by molar-refractivity contribution is 0.566. The third-order valence-corrected chi connectivity index (χ3v) is 5.33. The molecule has 0 bridgehead atoms. The summed E-state index contributed by atoms with van der Waals surface area (Å²) in [5.74, 6) is 0.0462. The second kappa shape index (κ2) is 7.71. The van der Waals surface area contributed by atoms with E-state index in [1.54, 1.807) is 0 Å². The molecule has 2 rings (SSSR count). The molecule has 122 valence electrons. The minimum atomic E-state index is -1.16. The summed E-state index contributed by atoms with van der Waals surface area (Å²) >= 11 is 0. The van der Waals surface area contributed by atoms with Gasteiger partial charge in [-0.15, -0.1) is 6.58 Å². The van der Waals surface area contributed by atoms with Gasteiger partial charge in [0.2, 0.25) is 0 Å². The fourth-order valence-corrected chi connectivity index (χ4v) is 3.31. The average molecular weight is 327 g/mol. The van der Waals surface area contributed by atoms with E-state index in [2.05, 4.69) is 35.6 Å². The molecule has 3 heteroatoms. The topological polar surface area (TPSA) is 29.1 Å². The van der Waals surface area contributed by atoms with Gasteiger partial charge in [-0.05, 0) is 31.9 Å². The maximum absolute atomic E-state index is 12.7. The molecule has 2 aromatic carbocycles. The van der Waals surface area contributed by atoms with Crippen molar-refractivity contribution in [2.24, 2.45) is 0 Å². The maximum atomic E-state index is 12.7. The summed E-state index contributed by atoms with van der Waals surface area (Å²) in [5, 5.41) is 0. The molecular weight excluding hydrogens is 302 g/mol. The van der Waals surface area contributed by atoms with E-state index in [4.69, 9.17) is 0 Å². The van der Waals surface area contributed by atoms with Gasteiger partial charge in [-0.2, -0.15) is 0 Å². The lowest BCUT2D eigenvalue weighted by atomic mass is 9.88. The van der Waals surface area contributed by atoms with Crippen LogP contribution in [0.1, 0.15) is 43.9 Å². The largest absolute Gasteiger partial charge is 0.242 e. The van der Waals surface area contributed by atoms with Gasteiger partial charge < -0.3 is 0 Å². The van der Waals surface area contributed by atoms with Crippen LogP contribution in [0.25, 0.3) is 0 Å². The molecule has 0 radical (unpaired) electrons. The van der Waals surface area contributed by atoms with Gasteiger partial charge in [0.15, 0.2) is 0 Å². The van der Waals surface area contributed by atoms with E-state index in [-0.39, 0.29) is 16.7 Å². The maximum Gasteiger partial charge on any atom is 0.0976 e. The molecule has 0 amide bonds. The zero-order valence-electron chi connectivity index (χ0n) is 14.0. The highest BCUT2D eigenvalue weighted by Crippen LogP contribution is 2.33. The van der Waals surface area contributed by atoms with E-state index in [1.165, 1.54) is 0 Å². The number of rotatable bonds is 6. The first kappa shape index (κ1) is 17.6. The molecule has 0 aliphatic carbocycles. The molecule has 0 aromatic heterocycles. The van der Waals surface area contributed by atoms with Gasteiger partial charge in [0.1, 0.15) is 0 Å². The van der Waals surface area contributed by atoms with Gasteiger partial charge >= 0.3 is 0 Å². The smallest absolute Gasteiger partial charge is 0.0976 e. The van der Waals surface area contributed by atoms with Crippen LogP contribution in [0.3, 0.4) is 0 Å². The molecule has 1 N–H and O–H groups in total. The third-order valence-electron chi connectivity index (χ3n) is 3.75. The fraction of sp³-hybridized carbons (Fsp3) is 0.300. The monoisotopic (exact) mass is 327 g/mol. The Morgan fingerprint density at radius 3 is 1.87 bits per heavy atom. The minimum absolute atomic E-state index is 0.0462. The highest BCUT2D eigenvalue weighted by Gasteiger charge is 2.28. The average Bonchev–Trinajstić information content (AvgIpc) is 2.55. The van der Waals surface area contributed by atoms with Crippen LogP contribution in [0.4, 0.5) is 0 Å². The van der Waals surface area contributed by atoms with E-state index in [9.17, 15) is 4.21 Å². The molecule has 2 nitrogen and oxygen atoms in total. The van der Waals surface area contributed by atoms with Crippen molar-refractivity contribution in [3.8, 4) is 0 Å². The van der Waals surface area contributed by atoms with Crippen molar-refractivity contribution < 1.29 is 4.21 Å². The van der Waals surface area contributed by atoms with Gasteiger partial charge in [0, 0.05) is 5.92 Å². The molecule has 0 saturated carbocycles. The van der Waals surface area contributed by atoms with Gasteiger partial charge in [-0.3, -0.25) is 0 Å². The summed E-state index contributed by atoms with van der Waals surface area (Å²) in [6.45, 7) is 9.94. The molecule has 0 saturated heterocycles. The molecule has 0 aliphatic rings. The minimum Gasteiger partial charge on any atom is -0.242 e. The van der Waals surface area contributed by atoms with Crippen molar-refractivity contribution in [3.05, 3.63) is 84.4 Å². The van der Waals surface area contributed by atoms with Crippen molar-refractivity contribution >= 4 is 11.0 Å². The summed E-state index contributed by atoms with van der Waals surface area (Å²) in [4.78, 5) is 0. The van der Waals surface area contributed by atoms with Crippen LogP contribution in [-0.4, -0.2) is 8.96 Å². The van der Waals surface area contributed by atoms with Gasteiger partial charge in [0.25, 0.3) is 0 Å². The summed E-state index contributed by atoms with van der Waals surface area (Å²) in [7, 11) is -1.16. The van der Waals surface area contributed by atoms with Crippen LogP contribution < -0.4 is 4.72 Å². The van der Waals surface area contributed by atoms with Gasteiger partial charge in [0.05, 0.1) is 21.8 Å². The molecule has 3 atom stereocenters. The molecular formula is C20H25NOS. The Hall–Kier alpha value is -1.71. The zero-order chi connectivity index (χ0) is 16.9. The Bertz CT molecular complexity index is 646. The summed E-state index contributed by atoms with van der Waals surface area (Å²) in [6, 6.07) is 20.3. The number of hydrogen-bond acceptors (Lipinski definition) is 1. The number of hydrogen-bond donors (Lipinski definition) is 1. The predicted molar refractivity (Wildman–Crippen MR) is 99.6 cm³/mol. The molecule has 0 fully saturated rings. The first-order valence-electron chi connectivity index (χ1n) is 7.84. The standard InChI is InChI=1S/C20H25NOS/c1-5-18(16-12-8-6-9-13-16)19(17-14-10-7-11-15-17)21-23(22)20(2,3)4/h5-15,18-19,21H,1H2,2-4H3/t18-,19+,23+/m1/s1. The quantitative estimate of drug-likeness (QED) is 0.762. The van der Waals surface area contributed by atoms with Crippen molar-refractivity contribution in [1.82, 2.24) is 4.72 Å². The van der Waals surface area contributed by atoms with E-state index in [1.807, 2.05) is 63.2 Å². The summed E-state index contributed by atoms with van der Waals surface area (Å²) < 4.78 is 15.7. The highest BCUT2D eigenvalue weighted by atomic mass is 32.2. The van der Waals surface area contributed by atoms with Crippen LogP contribution >= 0.6 is 0 Å². The SMILES string of the molecule is C=C[C@H](c1ccccc1)[C@@H](N[S@@](=O)C(C)(C)C)c1ccccc1. The molecule has 23 heavy (non-hydrogen) atoms. The summed E-state index contributed by atoms with van der Waals surface area (Å²) in [5.41, 5.74) is 2.27. The Morgan fingerprint density at radius 2 is 1.43 bits per heavy atom. The normalized spacial score (nSPS) is 15.6. The second-order valence-corrected chi connectivity index (χ2v) is 8.56. The molecule has 0 unspecified atom stereocenters. The van der Waals surface area contributed by atoms with E-state index in [0.29, 0.717) is 0 Å². The molecule has 0 spiro atoms. The van der Waals surface area contributed by atoms with E-state index in [0.717, 1.165) is 11.1 Å². The first-order chi connectivity index (χ1) is 10.9. The third kappa shape index (κ3) is 4.63. The van der Waals surface area contributed by atoms with Crippen molar-refractivity contribution in [3.63, 3.8) is 0 Å². The number of benzene rings is 2. The van der Waals surface area contributed by atoms with Crippen LogP contribution in [0.2, 0.25) is 0 Å². The lowest BCUT2D eigenvalue weighted by Crippen LogP contribution is -2.37. The zero-order valence-corrected chi connectivity index (χ0v) is 14.8. The van der Waals surface area contributed by atoms with Crippen LogP contribution in [0, 0.1) is 0 Å². The van der Waals surface area contributed by atoms with Crippen LogP contribution in [0.5, 0.6) is 0 Å². The Morgan fingerprint density at radius 1 is 0.957 bits per heavy atom. The highest BCUT2D eigenvalue weighted by molar-refractivity contribution is 7.84. The van der Waals surface area contributed by atoms with Crippen molar-refractivity contribution in [2.75, 3.05) is 0 Å². The Balaban J connectivity index is 2.40. The molecule has 0 heterocycles. The van der Waals surface area contributed by atoms with E-state index < -0.39 is 11.0 Å². The van der Waals surface area contributed by atoms with Crippen molar-refractivity contribution in [2.45, 2.75) is 37.5 Å². The Labute approximate surface area is 142 Å². The second-order valence-electron chi connectivity index (χ2n) is 6.56. The number of nitrogens with one attached hydrogen (secondary N) is 1. The van der Waals surface area contributed by atoms with Crippen molar-refractivity contribution in [1.29, 1.82) is 0 Å². The molecule has 0 aliphatic heterocycles. The summed E-state index contributed by atoms with van der Waals surface area (Å²) in [6.07, 6.45) is 1.93. The van der Waals surface area contributed by atoms with Crippen LogP contribution in [0.15, 0.2) is 73.3 Å². The van der Waals surface area contributed by atoms with Gasteiger partial charge in [-0.25, -0.2) is 8.93 Å².